The second-order valence-corrected chi connectivity index (χ2v) is 5.78. The molecule has 0 aliphatic carbocycles. The molecule has 12 heteroatoms. The van der Waals surface area contributed by atoms with Crippen molar-refractivity contribution in [2.75, 3.05) is 6.61 Å². The largest absolute Gasteiger partial charge is 0.547 e. The summed E-state index contributed by atoms with van der Waals surface area (Å²) in [5, 5.41) is 87.5. The van der Waals surface area contributed by atoms with Crippen LogP contribution in [0.1, 0.15) is 6.92 Å². The van der Waals surface area contributed by atoms with Gasteiger partial charge in [-0.3, -0.25) is 0 Å². The molecule has 1 aliphatic rings. The molecule has 1 rings (SSSR count). The van der Waals surface area contributed by atoms with E-state index in [1.807, 2.05) is 0 Å². The lowest BCUT2D eigenvalue weighted by atomic mass is 9.97. The van der Waals surface area contributed by atoms with Crippen LogP contribution in [0.25, 0.3) is 0 Å². The first-order valence-corrected chi connectivity index (χ1v) is 7.42. The molecule has 0 aromatic rings. The predicted octanol–water partition coefficient (Wildman–Crippen LogP) is -6.62. The third-order valence-electron chi connectivity index (χ3n) is 3.87. The molecule has 0 spiro atoms. The fourth-order valence-corrected chi connectivity index (χ4v) is 2.29. The molecule has 0 amide bonds. The van der Waals surface area contributed by atoms with E-state index in [2.05, 4.69) is 0 Å². The van der Waals surface area contributed by atoms with Gasteiger partial charge in [0.2, 0.25) is 0 Å². The highest BCUT2D eigenvalue weighted by Crippen LogP contribution is 2.25. The fraction of sp³-hybridized carbons (Fsp3) is 0.923. The summed E-state index contributed by atoms with van der Waals surface area (Å²) in [6, 6.07) is 0. The molecule has 8 N–H and O–H groups in total. The van der Waals surface area contributed by atoms with Gasteiger partial charge in [0.1, 0.15) is 48.8 Å². The third kappa shape index (κ3) is 5.04. The predicted molar refractivity (Wildman–Crippen MR) is 73.3 cm³/mol. The number of ether oxygens (including phenoxy) is 2. The summed E-state index contributed by atoms with van der Waals surface area (Å²) >= 11 is 0. The number of hydrogen-bond acceptors (Lipinski definition) is 12. The molecule has 10 atom stereocenters. The smallest absolute Gasteiger partial charge is 0.187 e. The highest BCUT2D eigenvalue weighted by molar-refractivity contribution is 5.70. The Labute approximate surface area is 142 Å². The number of aliphatic carboxylic acids is 1. The zero-order valence-electron chi connectivity index (χ0n) is 13.2. The molecule has 12 nitrogen and oxygen atoms in total. The molecule has 1 heterocycles. The highest BCUT2D eigenvalue weighted by atomic mass is 16.7. The van der Waals surface area contributed by atoms with Gasteiger partial charge in [0.05, 0.1) is 18.7 Å². The second-order valence-electron chi connectivity index (χ2n) is 5.78. The van der Waals surface area contributed by atoms with Crippen LogP contribution in [0.5, 0.6) is 0 Å². The van der Waals surface area contributed by atoms with Crippen molar-refractivity contribution < 1.29 is 60.2 Å². The summed E-state index contributed by atoms with van der Waals surface area (Å²) < 4.78 is 10.0. The Balaban J connectivity index is 3.01. The number of aliphatic hydroxyl groups is 8. The molecule has 1 saturated heterocycles. The Morgan fingerprint density at radius 2 is 1.64 bits per heavy atom. The van der Waals surface area contributed by atoms with E-state index in [-0.39, 0.29) is 0 Å². The van der Waals surface area contributed by atoms with Gasteiger partial charge in [-0.1, -0.05) is 0 Å². The second kappa shape index (κ2) is 9.14. The van der Waals surface area contributed by atoms with Crippen LogP contribution in [0.4, 0.5) is 0 Å². The minimum Gasteiger partial charge on any atom is -0.547 e. The van der Waals surface area contributed by atoms with E-state index in [1.165, 1.54) is 0 Å². The molecule has 0 bridgehead atoms. The van der Waals surface area contributed by atoms with Crippen LogP contribution < -0.4 is 5.11 Å². The molecule has 0 aromatic heterocycles. The van der Waals surface area contributed by atoms with E-state index in [4.69, 9.17) is 14.6 Å². The van der Waals surface area contributed by atoms with Crippen LogP contribution in [-0.2, 0) is 14.3 Å². The number of carbonyl (C=O) groups is 1. The Hall–Kier alpha value is -0.930. The van der Waals surface area contributed by atoms with Crippen molar-refractivity contribution in [2.24, 2.45) is 0 Å². The van der Waals surface area contributed by atoms with Crippen molar-refractivity contribution in [1.29, 1.82) is 0 Å². The van der Waals surface area contributed by atoms with Gasteiger partial charge in [0, 0.05) is 0 Å². The molecule has 1 fully saturated rings. The summed E-state index contributed by atoms with van der Waals surface area (Å²) in [6.07, 6.45) is -18.9. The van der Waals surface area contributed by atoms with E-state index in [9.17, 15) is 45.6 Å². The maximum absolute atomic E-state index is 10.7. The van der Waals surface area contributed by atoms with E-state index in [1.54, 1.807) is 0 Å². The lowest BCUT2D eigenvalue weighted by molar-refractivity contribution is -0.338. The minimum absolute atomic E-state index is 0.779. The monoisotopic (exact) mass is 371 g/mol. The number of rotatable bonds is 8. The number of carboxylic acid groups (broad SMARTS) is 1. The van der Waals surface area contributed by atoms with Gasteiger partial charge in [-0.2, -0.15) is 0 Å². The van der Waals surface area contributed by atoms with Crippen LogP contribution in [0.15, 0.2) is 0 Å². The van der Waals surface area contributed by atoms with E-state index in [0.29, 0.717) is 0 Å². The van der Waals surface area contributed by atoms with Crippen LogP contribution in [0, 0.1) is 0 Å². The average molecular weight is 371 g/mol. The topological polar surface area (TPSA) is 220 Å². The number of aliphatic hydroxyl groups excluding tert-OH is 8. The van der Waals surface area contributed by atoms with Crippen molar-refractivity contribution >= 4 is 5.97 Å². The maximum atomic E-state index is 10.7. The number of carbonyl (C=O) groups excluding carboxylic acids is 1. The van der Waals surface area contributed by atoms with Crippen LogP contribution in [-0.4, -0.2) is 115 Å². The molecule has 0 radical (unpaired) electrons. The van der Waals surface area contributed by atoms with Gasteiger partial charge >= 0.3 is 0 Å². The Morgan fingerprint density at radius 1 is 1.08 bits per heavy atom. The summed E-state index contributed by atoms with van der Waals surface area (Å²) in [7, 11) is 0. The molecular weight excluding hydrogens is 348 g/mol. The van der Waals surface area contributed by atoms with Crippen molar-refractivity contribution in [3.63, 3.8) is 0 Å². The molecule has 25 heavy (non-hydrogen) atoms. The first-order chi connectivity index (χ1) is 11.5. The third-order valence-corrected chi connectivity index (χ3v) is 3.87. The van der Waals surface area contributed by atoms with Crippen LogP contribution in [0.3, 0.4) is 0 Å². The van der Waals surface area contributed by atoms with E-state index < -0.39 is 73.8 Å². The molecular formula is C13H23O12-. The Bertz CT molecular complexity index is 429. The van der Waals surface area contributed by atoms with Crippen LogP contribution in [0.2, 0.25) is 0 Å². The van der Waals surface area contributed by atoms with Gasteiger partial charge in [-0.05, 0) is 6.92 Å². The first kappa shape index (κ1) is 22.1. The van der Waals surface area contributed by atoms with Gasteiger partial charge < -0.3 is 60.2 Å². The average Bonchev–Trinajstić information content (AvgIpc) is 2.57. The molecule has 1 aliphatic heterocycles. The quantitative estimate of drug-likeness (QED) is 0.199. The van der Waals surface area contributed by atoms with Crippen LogP contribution >= 0.6 is 0 Å². The summed E-state index contributed by atoms with van der Waals surface area (Å²) in [4.78, 5) is 10.7. The van der Waals surface area contributed by atoms with E-state index in [0.717, 1.165) is 6.92 Å². The van der Waals surface area contributed by atoms with Gasteiger partial charge in [-0.15, -0.1) is 0 Å². The normalized spacial score (nSPS) is 36.3. The van der Waals surface area contributed by atoms with Crippen molar-refractivity contribution in [3.05, 3.63) is 0 Å². The molecule has 0 aromatic carbocycles. The SMILES string of the molecule is C[C@@H](O)[C@@H](O)[C@@H](O[C@@H]1O[C@H](CO)[C@H](O)[C@H](O)[C@H]1O)[C@H](O)[C@@H](O)C(=O)[O-]. The van der Waals surface area contributed by atoms with Gasteiger partial charge in [0.25, 0.3) is 0 Å². The minimum atomic E-state index is -2.51. The first-order valence-electron chi connectivity index (χ1n) is 7.42. The van der Waals surface area contributed by atoms with Gasteiger partial charge in [-0.25, -0.2) is 0 Å². The zero-order valence-corrected chi connectivity index (χ0v) is 13.2. The summed E-state index contributed by atoms with van der Waals surface area (Å²) in [6.45, 7) is 0.297. The Morgan fingerprint density at radius 3 is 2.08 bits per heavy atom. The van der Waals surface area contributed by atoms with E-state index >= 15 is 0 Å². The maximum Gasteiger partial charge on any atom is 0.187 e. The summed E-state index contributed by atoms with van der Waals surface area (Å²) in [5.74, 6) is -2.09. The number of carboxylic acids is 1. The molecule has 148 valence electrons. The number of hydrogen-bond donors (Lipinski definition) is 8. The van der Waals surface area contributed by atoms with Crippen molar-refractivity contribution in [1.82, 2.24) is 0 Å². The lowest BCUT2D eigenvalue weighted by Gasteiger charge is -2.42. The van der Waals surface area contributed by atoms with Gasteiger partial charge in [0.15, 0.2) is 6.29 Å². The highest BCUT2D eigenvalue weighted by Gasteiger charge is 2.47. The molecule has 0 unspecified atom stereocenters. The van der Waals surface area contributed by atoms with Crippen molar-refractivity contribution in [3.8, 4) is 0 Å². The summed E-state index contributed by atoms with van der Waals surface area (Å²) in [5.41, 5.74) is 0. The standard InChI is InChI=1S/C13H24O12/c1-3(15)5(16)11(8(19)9(20)12(22)23)25-13-10(21)7(18)6(17)4(2-14)24-13/h3-11,13-21H,2H2,1H3,(H,22,23)/p-1/t3-,4-,5-,6+,7+,8-,9-,10-,11-,13+/m1/s1. The van der Waals surface area contributed by atoms with Crippen molar-refractivity contribution in [2.45, 2.75) is 68.1 Å². The zero-order chi connectivity index (χ0) is 19.5. The lowest BCUT2D eigenvalue weighted by Crippen LogP contribution is -2.62. The fourth-order valence-electron chi connectivity index (χ4n) is 2.29. The molecule has 0 saturated carbocycles. The Kier molecular flexibility index (Phi) is 8.08.